The summed E-state index contributed by atoms with van der Waals surface area (Å²) in [4.78, 5) is 15.1. The van der Waals surface area contributed by atoms with Crippen LogP contribution in [0, 0.1) is 5.41 Å². The van der Waals surface area contributed by atoms with E-state index >= 15 is 0 Å². The van der Waals surface area contributed by atoms with Crippen molar-refractivity contribution in [1.82, 2.24) is 0 Å². The standard InChI is InChI=1S/C29H33N3O2/c30-27(31)21-14-15-24-25(18-21)32(19-22-12-9-11-20-10-5-6-13-23(20)22)26(28(33)34)29(24)16-7-3-1-2-4-8-17-29/h5-6,9-15,18,26H,1-4,7-8,16-17,19H2,(H3,30,31)(H,33,34). The van der Waals surface area contributed by atoms with E-state index in [1.807, 2.05) is 30.3 Å². The van der Waals surface area contributed by atoms with E-state index in [0.717, 1.165) is 66.1 Å². The number of amidine groups is 1. The minimum absolute atomic E-state index is 0.00945. The van der Waals surface area contributed by atoms with E-state index in [1.165, 1.54) is 12.8 Å². The fourth-order valence-corrected chi connectivity index (χ4v) is 6.36. The fourth-order valence-electron chi connectivity index (χ4n) is 6.36. The second-order valence-electron chi connectivity index (χ2n) is 9.93. The van der Waals surface area contributed by atoms with Crippen molar-refractivity contribution < 1.29 is 9.90 Å². The number of nitrogens with two attached hydrogens (primary N) is 1. The number of nitrogens with zero attached hydrogens (tertiary/aromatic N) is 1. The molecule has 5 rings (SSSR count). The normalized spacial score (nSPS) is 19.9. The molecule has 4 N–H and O–H groups in total. The van der Waals surface area contributed by atoms with Crippen molar-refractivity contribution in [2.24, 2.45) is 5.73 Å². The third-order valence-corrected chi connectivity index (χ3v) is 7.94. The number of carboxylic acids is 1. The Balaban J connectivity index is 1.67. The second-order valence-corrected chi connectivity index (χ2v) is 9.93. The van der Waals surface area contributed by atoms with E-state index in [1.54, 1.807) is 0 Å². The summed E-state index contributed by atoms with van der Waals surface area (Å²) in [6, 6.07) is 19.8. The summed E-state index contributed by atoms with van der Waals surface area (Å²) in [7, 11) is 0. The summed E-state index contributed by atoms with van der Waals surface area (Å²) in [6.07, 6.45) is 8.59. The number of nitrogens with one attached hydrogen (secondary N) is 1. The molecule has 1 aliphatic heterocycles. The summed E-state index contributed by atoms with van der Waals surface area (Å²) in [5, 5.41) is 21.0. The minimum Gasteiger partial charge on any atom is -0.480 e. The molecule has 1 spiro atoms. The first-order valence-electron chi connectivity index (χ1n) is 12.5. The Hall–Kier alpha value is -3.34. The molecule has 5 heteroatoms. The van der Waals surface area contributed by atoms with Gasteiger partial charge in [-0.15, -0.1) is 0 Å². The average molecular weight is 456 g/mol. The number of hydrogen-bond donors (Lipinski definition) is 3. The van der Waals surface area contributed by atoms with Crippen LogP contribution in [0.5, 0.6) is 0 Å². The molecule has 1 aliphatic carbocycles. The lowest BCUT2D eigenvalue weighted by atomic mass is 9.69. The van der Waals surface area contributed by atoms with Gasteiger partial charge in [-0.3, -0.25) is 5.41 Å². The Labute approximate surface area is 201 Å². The number of fused-ring (bicyclic) bond motifs is 3. The largest absolute Gasteiger partial charge is 0.480 e. The van der Waals surface area contributed by atoms with Crippen molar-refractivity contribution in [3.63, 3.8) is 0 Å². The van der Waals surface area contributed by atoms with Gasteiger partial charge >= 0.3 is 5.97 Å². The predicted octanol–water partition coefficient (Wildman–Crippen LogP) is 5.97. The number of rotatable bonds is 4. The van der Waals surface area contributed by atoms with Gasteiger partial charge in [0.05, 0.1) is 0 Å². The lowest BCUT2D eigenvalue weighted by Gasteiger charge is -2.37. The molecule has 0 bridgehead atoms. The minimum atomic E-state index is -0.764. The highest BCUT2D eigenvalue weighted by Gasteiger charge is 2.53. The van der Waals surface area contributed by atoms with E-state index < -0.39 is 17.4 Å². The van der Waals surface area contributed by atoms with Gasteiger partial charge in [-0.2, -0.15) is 0 Å². The third kappa shape index (κ3) is 3.83. The van der Waals surface area contributed by atoms with Crippen LogP contribution >= 0.6 is 0 Å². The number of hydrogen-bond acceptors (Lipinski definition) is 3. The molecule has 2 aliphatic rings. The molecule has 1 saturated carbocycles. The summed E-state index contributed by atoms with van der Waals surface area (Å²) in [6.45, 7) is 0.508. The van der Waals surface area contributed by atoms with Gasteiger partial charge < -0.3 is 15.7 Å². The highest BCUT2D eigenvalue weighted by molar-refractivity contribution is 5.97. The Kier molecular flexibility index (Phi) is 6.03. The van der Waals surface area contributed by atoms with Crippen LogP contribution in [0.2, 0.25) is 0 Å². The molecule has 1 fully saturated rings. The number of anilines is 1. The van der Waals surface area contributed by atoms with Crippen molar-refractivity contribution in [1.29, 1.82) is 5.41 Å². The molecular weight excluding hydrogens is 422 g/mol. The first-order chi connectivity index (χ1) is 16.5. The van der Waals surface area contributed by atoms with Crippen LogP contribution in [0.3, 0.4) is 0 Å². The van der Waals surface area contributed by atoms with E-state index in [-0.39, 0.29) is 5.84 Å². The van der Waals surface area contributed by atoms with Crippen molar-refractivity contribution >= 4 is 28.3 Å². The molecule has 0 amide bonds. The zero-order valence-electron chi connectivity index (χ0n) is 19.6. The summed E-state index contributed by atoms with van der Waals surface area (Å²) in [5.74, 6) is -0.754. The van der Waals surface area contributed by atoms with Crippen LogP contribution in [0.1, 0.15) is 68.1 Å². The molecule has 0 aromatic heterocycles. The number of aliphatic carboxylic acids is 1. The zero-order chi connectivity index (χ0) is 23.7. The summed E-state index contributed by atoms with van der Waals surface area (Å²) in [5.41, 5.74) is 9.23. The molecular formula is C29H33N3O2. The maximum absolute atomic E-state index is 13.0. The Morgan fingerprint density at radius 1 is 0.971 bits per heavy atom. The topological polar surface area (TPSA) is 90.4 Å². The van der Waals surface area contributed by atoms with Crippen LogP contribution in [0.25, 0.3) is 10.8 Å². The predicted molar refractivity (Wildman–Crippen MR) is 138 cm³/mol. The SMILES string of the molecule is N=C(N)c1ccc2c(c1)N(Cc1cccc3ccccc13)C(C(=O)O)C21CCCCCCCC1. The maximum Gasteiger partial charge on any atom is 0.327 e. The van der Waals surface area contributed by atoms with E-state index in [9.17, 15) is 9.90 Å². The molecule has 3 aromatic rings. The molecule has 1 atom stereocenters. The van der Waals surface area contributed by atoms with Crippen LogP contribution in [0.4, 0.5) is 5.69 Å². The highest BCUT2D eigenvalue weighted by Crippen LogP contribution is 2.52. The van der Waals surface area contributed by atoms with Gasteiger partial charge in [-0.05, 0) is 40.8 Å². The molecule has 3 aromatic carbocycles. The van der Waals surface area contributed by atoms with Crippen molar-refractivity contribution in [3.05, 3.63) is 77.4 Å². The Bertz CT molecular complexity index is 1220. The summed E-state index contributed by atoms with van der Waals surface area (Å²) < 4.78 is 0. The smallest absolute Gasteiger partial charge is 0.327 e. The van der Waals surface area contributed by atoms with Crippen LogP contribution in [-0.4, -0.2) is 23.0 Å². The quantitative estimate of drug-likeness (QED) is 0.334. The van der Waals surface area contributed by atoms with E-state index in [4.69, 9.17) is 11.1 Å². The molecule has 5 nitrogen and oxygen atoms in total. The van der Waals surface area contributed by atoms with Crippen LogP contribution in [0.15, 0.2) is 60.7 Å². The summed E-state index contributed by atoms with van der Waals surface area (Å²) >= 11 is 0. The number of carbonyl (C=O) groups is 1. The van der Waals surface area contributed by atoms with Gasteiger partial charge in [0.1, 0.15) is 11.9 Å². The van der Waals surface area contributed by atoms with E-state index in [0.29, 0.717) is 12.1 Å². The van der Waals surface area contributed by atoms with Gasteiger partial charge in [-0.1, -0.05) is 93.1 Å². The second kappa shape index (κ2) is 9.13. The molecule has 176 valence electrons. The Morgan fingerprint density at radius 3 is 2.35 bits per heavy atom. The van der Waals surface area contributed by atoms with Crippen molar-refractivity contribution in [3.8, 4) is 0 Å². The van der Waals surface area contributed by atoms with Gasteiger partial charge in [0, 0.05) is 23.2 Å². The first kappa shape index (κ1) is 22.5. The third-order valence-electron chi connectivity index (χ3n) is 7.94. The molecule has 1 heterocycles. The molecule has 0 radical (unpaired) electrons. The average Bonchev–Trinajstić information content (AvgIpc) is 3.16. The fraction of sp³-hybridized carbons (Fsp3) is 0.379. The zero-order valence-corrected chi connectivity index (χ0v) is 19.6. The van der Waals surface area contributed by atoms with Gasteiger partial charge in [0.15, 0.2) is 0 Å². The van der Waals surface area contributed by atoms with Crippen molar-refractivity contribution in [2.75, 3.05) is 4.90 Å². The maximum atomic E-state index is 13.0. The van der Waals surface area contributed by atoms with Gasteiger partial charge in [0.25, 0.3) is 0 Å². The molecule has 34 heavy (non-hydrogen) atoms. The number of carboxylic acid groups (broad SMARTS) is 1. The van der Waals surface area contributed by atoms with Crippen LogP contribution < -0.4 is 10.6 Å². The Morgan fingerprint density at radius 2 is 1.65 bits per heavy atom. The van der Waals surface area contributed by atoms with Crippen molar-refractivity contribution in [2.45, 2.75) is 69.4 Å². The van der Waals surface area contributed by atoms with Crippen LogP contribution in [-0.2, 0) is 16.8 Å². The first-order valence-corrected chi connectivity index (χ1v) is 12.5. The van der Waals surface area contributed by atoms with Gasteiger partial charge in [-0.25, -0.2) is 4.79 Å². The number of nitrogen functional groups attached to an aromatic ring is 1. The lowest BCUT2D eigenvalue weighted by Crippen LogP contribution is -2.50. The monoisotopic (exact) mass is 455 g/mol. The number of benzene rings is 3. The van der Waals surface area contributed by atoms with Gasteiger partial charge in [0.2, 0.25) is 0 Å². The molecule has 1 unspecified atom stereocenters. The highest BCUT2D eigenvalue weighted by atomic mass is 16.4. The lowest BCUT2D eigenvalue weighted by molar-refractivity contribution is -0.140. The van der Waals surface area contributed by atoms with E-state index in [2.05, 4.69) is 35.2 Å². The molecule has 0 saturated heterocycles.